The van der Waals surface area contributed by atoms with Crippen molar-refractivity contribution in [3.8, 4) is 6.07 Å². The molecular formula is C24H33NO2. The molecule has 2 rings (SSSR count). The highest BCUT2D eigenvalue weighted by Gasteiger charge is 2.10. The van der Waals surface area contributed by atoms with Crippen molar-refractivity contribution < 1.29 is 9.53 Å². The van der Waals surface area contributed by atoms with E-state index in [-0.39, 0.29) is 0 Å². The fraction of sp³-hybridized carbons (Fsp3) is 0.500. The maximum atomic E-state index is 9.88. The van der Waals surface area contributed by atoms with E-state index in [2.05, 4.69) is 50.3 Å². The molecule has 1 unspecified atom stereocenters. The van der Waals surface area contributed by atoms with E-state index in [1.54, 1.807) is 0 Å². The molecule has 146 valence electrons. The van der Waals surface area contributed by atoms with Crippen molar-refractivity contribution in [1.29, 1.82) is 5.26 Å². The lowest BCUT2D eigenvalue weighted by Crippen LogP contribution is -2.07. The summed E-state index contributed by atoms with van der Waals surface area (Å²) < 4.78 is 4.70. The van der Waals surface area contributed by atoms with Crippen LogP contribution in [0, 0.1) is 17.2 Å². The number of hydrogen-bond acceptors (Lipinski definition) is 3. The largest absolute Gasteiger partial charge is 0.468 e. The molecule has 0 saturated heterocycles. The van der Waals surface area contributed by atoms with Gasteiger partial charge in [-0.1, -0.05) is 69.5 Å². The number of carbonyl (C=O) groups excluding carboxylic acids is 1. The van der Waals surface area contributed by atoms with Gasteiger partial charge in [-0.3, -0.25) is 4.79 Å². The van der Waals surface area contributed by atoms with Crippen LogP contribution in [0.5, 0.6) is 0 Å². The summed E-state index contributed by atoms with van der Waals surface area (Å²) in [6.07, 6.45) is 10.2. The molecule has 27 heavy (non-hydrogen) atoms. The third-order valence-corrected chi connectivity index (χ3v) is 4.98. The summed E-state index contributed by atoms with van der Waals surface area (Å²) >= 11 is 0. The van der Waals surface area contributed by atoms with E-state index in [0.717, 1.165) is 31.3 Å². The van der Waals surface area contributed by atoms with Crippen LogP contribution in [0.25, 0.3) is 5.57 Å². The Hall–Kier alpha value is -2.34. The summed E-state index contributed by atoms with van der Waals surface area (Å²) in [5.74, 6) is 0.570. The summed E-state index contributed by atoms with van der Waals surface area (Å²) in [5, 5.41) is 8.91. The van der Waals surface area contributed by atoms with Crippen molar-refractivity contribution in [3.05, 3.63) is 53.1 Å². The average molecular weight is 368 g/mol. The van der Waals surface area contributed by atoms with E-state index in [0.29, 0.717) is 19.0 Å². The lowest BCUT2D eigenvalue weighted by molar-refractivity contribution is -0.130. The van der Waals surface area contributed by atoms with Gasteiger partial charge in [0.15, 0.2) is 0 Å². The molecule has 0 bridgehead atoms. The van der Waals surface area contributed by atoms with Crippen LogP contribution < -0.4 is 0 Å². The van der Waals surface area contributed by atoms with Gasteiger partial charge >= 0.3 is 0 Å². The first-order chi connectivity index (χ1) is 13.2. The fourth-order valence-electron chi connectivity index (χ4n) is 3.14. The maximum absolute atomic E-state index is 9.88. The van der Waals surface area contributed by atoms with Crippen LogP contribution >= 0.6 is 0 Å². The van der Waals surface area contributed by atoms with Crippen LogP contribution in [0.15, 0.2) is 47.6 Å². The molecule has 1 aliphatic carbocycles. The lowest BCUT2D eigenvalue weighted by atomic mass is 9.89. The summed E-state index contributed by atoms with van der Waals surface area (Å²) in [6.45, 7) is 7.34. The number of benzene rings is 1. The molecule has 3 nitrogen and oxygen atoms in total. The van der Waals surface area contributed by atoms with Crippen molar-refractivity contribution in [3.63, 3.8) is 0 Å². The van der Waals surface area contributed by atoms with Crippen LogP contribution in [0.2, 0.25) is 0 Å². The normalized spacial score (nSPS) is 16.1. The Bertz CT molecular complexity index is 653. The molecular weight excluding hydrogens is 334 g/mol. The van der Waals surface area contributed by atoms with Crippen LogP contribution in [0.4, 0.5) is 0 Å². The minimum atomic E-state index is 0.536. The SMILES string of the molecule is C/C(C#N)=C1/C=C(c2ccccc2)CCC1.CCCCC(CC)COC=O. The Kier molecular flexibility index (Phi) is 11.6. The first kappa shape index (κ1) is 22.7. The molecule has 1 aromatic rings. The molecule has 1 atom stereocenters. The van der Waals surface area contributed by atoms with Gasteiger partial charge in [0, 0.05) is 5.57 Å². The maximum Gasteiger partial charge on any atom is 0.293 e. The molecule has 0 heterocycles. The molecule has 0 aromatic heterocycles. The Balaban J connectivity index is 0.000000293. The van der Waals surface area contributed by atoms with Gasteiger partial charge in [-0.25, -0.2) is 0 Å². The fourth-order valence-corrected chi connectivity index (χ4v) is 3.14. The predicted molar refractivity (Wildman–Crippen MR) is 112 cm³/mol. The second-order valence-electron chi connectivity index (χ2n) is 7.00. The first-order valence-corrected chi connectivity index (χ1v) is 10.1. The number of unbranched alkanes of at least 4 members (excludes halogenated alkanes) is 1. The van der Waals surface area contributed by atoms with E-state index in [1.165, 1.54) is 36.0 Å². The highest BCUT2D eigenvalue weighted by Crippen LogP contribution is 2.30. The minimum Gasteiger partial charge on any atom is -0.468 e. The van der Waals surface area contributed by atoms with Crippen molar-refractivity contribution in [2.75, 3.05) is 6.61 Å². The molecule has 0 amide bonds. The monoisotopic (exact) mass is 367 g/mol. The van der Waals surface area contributed by atoms with E-state index in [9.17, 15) is 4.79 Å². The van der Waals surface area contributed by atoms with Gasteiger partial charge < -0.3 is 4.74 Å². The molecule has 1 aromatic carbocycles. The Morgan fingerprint density at radius 3 is 2.59 bits per heavy atom. The highest BCUT2D eigenvalue weighted by molar-refractivity contribution is 5.70. The van der Waals surface area contributed by atoms with Crippen LogP contribution in [-0.2, 0) is 9.53 Å². The molecule has 1 aliphatic rings. The molecule has 0 radical (unpaired) electrons. The van der Waals surface area contributed by atoms with Crippen molar-refractivity contribution in [1.82, 2.24) is 0 Å². The number of allylic oxidation sites excluding steroid dienone is 4. The van der Waals surface area contributed by atoms with Crippen molar-refractivity contribution >= 4 is 12.0 Å². The first-order valence-electron chi connectivity index (χ1n) is 10.1. The summed E-state index contributed by atoms with van der Waals surface area (Å²) in [7, 11) is 0. The molecule has 0 spiro atoms. The Morgan fingerprint density at radius 1 is 1.26 bits per heavy atom. The number of hydrogen-bond donors (Lipinski definition) is 0. The topological polar surface area (TPSA) is 50.1 Å². The molecule has 0 fully saturated rings. The average Bonchev–Trinajstić information content (AvgIpc) is 2.74. The summed E-state index contributed by atoms with van der Waals surface area (Å²) in [4.78, 5) is 9.88. The smallest absolute Gasteiger partial charge is 0.293 e. The third kappa shape index (κ3) is 8.73. The van der Waals surface area contributed by atoms with Gasteiger partial charge in [0.05, 0.1) is 12.7 Å². The number of ether oxygens (including phenoxy) is 1. The quantitative estimate of drug-likeness (QED) is 0.391. The lowest BCUT2D eigenvalue weighted by Gasteiger charge is -2.16. The van der Waals surface area contributed by atoms with Gasteiger partial charge in [0.1, 0.15) is 0 Å². The zero-order chi connectivity index (χ0) is 19.9. The summed E-state index contributed by atoms with van der Waals surface area (Å²) in [5.41, 5.74) is 4.70. The highest BCUT2D eigenvalue weighted by atomic mass is 16.5. The zero-order valence-corrected chi connectivity index (χ0v) is 17.0. The molecule has 0 saturated carbocycles. The van der Waals surface area contributed by atoms with Gasteiger partial charge in [0.2, 0.25) is 0 Å². The Morgan fingerprint density at radius 2 is 2.00 bits per heavy atom. The van der Waals surface area contributed by atoms with E-state index < -0.39 is 0 Å². The van der Waals surface area contributed by atoms with E-state index >= 15 is 0 Å². The minimum absolute atomic E-state index is 0.536. The van der Waals surface area contributed by atoms with Crippen molar-refractivity contribution in [2.45, 2.75) is 65.7 Å². The zero-order valence-electron chi connectivity index (χ0n) is 17.0. The second-order valence-corrected chi connectivity index (χ2v) is 7.00. The summed E-state index contributed by atoms with van der Waals surface area (Å²) in [6, 6.07) is 12.7. The number of carbonyl (C=O) groups is 1. The molecule has 0 aliphatic heterocycles. The molecule has 3 heteroatoms. The van der Waals surface area contributed by atoms with E-state index in [4.69, 9.17) is 10.00 Å². The molecule has 0 N–H and O–H groups in total. The number of nitrogens with zero attached hydrogens (tertiary/aromatic N) is 1. The number of rotatable bonds is 8. The van der Waals surface area contributed by atoms with Gasteiger partial charge in [-0.2, -0.15) is 5.26 Å². The van der Waals surface area contributed by atoms with Crippen LogP contribution in [0.3, 0.4) is 0 Å². The third-order valence-electron chi connectivity index (χ3n) is 4.98. The van der Waals surface area contributed by atoms with Gasteiger partial charge in [-0.05, 0) is 55.2 Å². The van der Waals surface area contributed by atoms with E-state index in [1.807, 2.05) is 13.0 Å². The Labute approximate surface area is 164 Å². The number of nitriles is 1. The van der Waals surface area contributed by atoms with Crippen molar-refractivity contribution in [2.24, 2.45) is 5.92 Å². The standard InChI is InChI=1S/C15H15N.C9H18O2/c1-12(11-16)14-8-5-9-15(10-14)13-6-3-2-4-7-13;1-3-5-6-9(4-2)7-11-8-10/h2-4,6-7,10H,5,8-9H2,1H3;8-9H,3-7H2,1-2H3/b14-12-;. The van der Waals surface area contributed by atoms with Gasteiger partial charge in [0.25, 0.3) is 6.47 Å². The van der Waals surface area contributed by atoms with Crippen LogP contribution in [-0.4, -0.2) is 13.1 Å². The van der Waals surface area contributed by atoms with Gasteiger partial charge in [-0.15, -0.1) is 0 Å². The second kappa shape index (κ2) is 13.8. The van der Waals surface area contributed by atoms with Crippen LogP contribution in [0.1, 0.15) is 71.3 Å². The predicted octanol–water partition coefficient (Wildman–Crippen LogP) is 6.47.